The minimum absolute atomic E-state index is 0.346. The Bertz CT molecular complexity index is 1030. The number of nitrogens with two attached hydrogens (primary N) is 1. The van der Waals surface area contributed by atoms with Crippen molar-refractivity contribution in [1.29, 1.82) is 0 Å². The van der Waals surface area contributed by atoms with E-state index in [-0.39, 0.29) is 0 Å². The lowest BCUT2D eigenvalue weighted by molar-refractivity contribution is 0.157. The molecular formula is C30H36N2O2. The van der Waals surface area contributed by atoms with Gasteiger partial charge in [-0.05, 0) is 54.5 Å². The third-order valence-corrected chi connectivity index (χ3v) is 6.56. The van der Waals surface area contributed by atoms with Gasteiger partial charge in [0.15, 0.2) is 11.5 Å². The summed E-state index contributed by atoms with van der Waals surface area (Å²) in [4.78, 5) is 2.57. The van der Waals surface area contributed by atoms with Crippen molar-refractivity contribution in [1.82, 2.24) is 4.90 Å². The fourth-order valence-electron chi connectivity index (χ4n) is 4.60. The second-order valence-corrected chi connectivity index (χ2v) is 9.07. The van der Waals surface area contributed by atoms with Crippen molar-refractivity contribution >= 4 is 6.08 Å². The highest BCUT2D eigenvalue weighted by atomic mass is 16.5. The normalized spacial score (nSPS) is 18.3. The standard InChI is InChI=1S/C30H36N2O2/c1-33-30-21-26(14-19-29(30)34-23-25-11-6-3-7-12-25)22-32(28-17-15-27(31)16-18-28)20-8-13-24-9-4-2-5-10-24/h2-14,19,21,27-28H,15-18,20,22-23,31H2,1H3. The number of hydrogen-bond donors (Lipinski definition) is 1. The molecule has 0 bridgehead atoms. The molecule has 0 heterocycles. The van der Waals surface area contributed by atoms with E-state index in [2.05, 4.69) is 71.6 Å². The third-order valence-electron chi connectivity index (χ3n) is 6.56. The average molecular weight is 457 g/mol. The molecule has 34 heavy (non-hydrogen) atoms. The summed E-state index contributed by atoms with van der Waals surface area (Å²) in [7, 11) is 1.71. The number of ether oxygens (including phenoxy) is 2. The van der Waals surface area contributed by atoms with E-state index in [9.17, 15) is 0 Å². The molecule has 2 N–H and O–H groups in total. The third kappa shape index (κ3) is 6.96. The molecule has 1 aliphatic carbocycles. The highest BCUT2D eigenvalue weighted by Crippen LogP contribution is 2.31. The largest absolute Gasteiger partial charge is 0.493 e. The SMILES string of the molecule is COc1cc(CN(CC=Cc2ccccc2)C2CCC(N)CC2)ccc1OCc1ccccc1. The van der Waals surface area contributed by atoms with Crippen molar-refractivity contribution in [3.8, 4) is 11.5 Å². The summed E-state index contributed by atoms with van der Waals surface area (Å²) in [5.41, 5.74) is 9.79. The molecule has 4 nitrogen and oxygen atoms in total. The molecule has 0 atom stereocenters. The molecule has 3 aromatic rings. The molecule has 1 fully saturated rings. The lowest BCUT2D eigenvalue weighted by atomic mass is 9.90. The van der Waals surface area contributed by atoms with Gasteiger partial charge in [0.05, 0.1) is 7.11 Å². The first-order valence-electron chi connectivity index (χ1n) is 12.3. The van der Waals surface area contributed by atoms with Crippen LogP contribution >= 0.6 is 0 Å². The highest BCUT2D eigenvalue weighted by Gasteiger charge is 2.24. The molecule has 0 radical (unpaired) electrons. The molecule has 178 valence electrons. The maximum Gasteiger partial charge on any atom is 0.161 e. The van der Waals surface area contributed by atoms with E-state index in [1.54, 1.807) is 7.11 Å². The zero-order valence-electron chi connectivity index (χ0n) is 20.1. The Labute approximate surface area is 204 Å². The molecule has 4 heteroatoms. The van der Waals surface area contributed by atoms with Gasteiger partial charge in [-0.25, -0.2) is 0 Å². The van der Waals surface area contributed by atoms with Gasteiger partial charge in [0, 0.05) is 25.2 Å². The van der Waals surface area contributed by atoms with Crippen LogP contribution in [0.15, 0.2) is 84.9 Å². The molecule has 0 saturated heterocycles. The monoisotopic (exact) mass is 456 g/mol. The highest BCUT2D eigenvalue weighted by molar-refractivity contribution is 5.49. The molecule has 3 aromatic carbocycles. The fraction of sp³-hybridized carbons (Fsp3) is 0.333. The summed E-state index contributed by atoms with van der Waals surface area (Å²) in [6.07, 6.45) is 8.98. The predicted octanol–water partition coefficient (Wildman–Crippen LogP) is 6.06. The minimum atomic E-state index is 0.346. The number of benzene rings is 3. The van der Waals surface area contributed by atoms with E-state index in [0.717, 1.165) is 55.8 Å². The first-order chi connectivity index (χ1) is 16.7. The van der Waals surface area contributed by atoms with Crippen molar-refractivity contribution in [2.24, 2.45) is 5.73 Å². The van der Waals surface area contributed by atoms with Crippen LogP contribution in [0, 0.1) is 0 Å². The van der Waals surface area contributed by atoms with Crippen LogP contribution in [0.25, 0.3) is 6.08 Å². The Kier molecular flexibility index (Phi) is 8.78. The van der Waals surface area contributed by atoms with Gasteiger partial charge in [0.1, 0.15) is 6.61 Å². The number of rotatable bonds is 10. The van der Waals surface area contributed by atoms with Crippen LogP contribution in [0.1, 0.15) is 42.4 Å². The molecule has 1 saturated carbocycles. The predicted molar refractivity (Wildman–Crippen MR) is 140 cm³/mol. The smallest absolute Gasteiger partial charge is 0.161 e. The Balaban J connectivity index is 1.45. The van der Waals surface area contributed by atoms with Crippen LogP contribution in [0.2, 0.25) is 0 Å². The Morgan fingerprint density at radius 3 is 2.26 bits per heavy atom. The maximum atomic E-state index is 6.19. The summed E-state index contributed by atoms with van der Waals surface area (Å²) >= 11 is 0. The topological polar surface area (TPSA) is 47.7 Å². The quantitative estimate of drug-likeness (QED) is 0.403. The molecule has 0 amide bonds. The van der Waals surface area contributed by atoms with Gasteiger partial charge in [0.2, 0.25) is 0 Å². The zero-order chi connectivity index (χ0) is 23.6. The van der Waals surface area contributed by atoms with Crippen LogP contribution in [0.5, 0.6) is 11.5 Å². The Hall–Kier alpha value is -3.08. The molecule has 0 aromatic heterocycles. The van der Waals surface area contributed by atoms with E-state index < -0.39 is 0 Å². The summed E-state index contributed by atoms with van der Waals surface area (Å²) < 4.78 is 11.7. The summed E-state index contributed by atoms with van der Waals surface area (Å²) in [6, 6.07) is 27.9. The van der Waals surface area contributed by atoms with Gasteiger partial charge < -0.3 is 15.2 Å². The van der Waals surface area contributed by atoms with E-state index in [1.165, 1.54) is 11.1 Å². The number of hydrogen-bond acceptors (Lipinski definition) is 4. The van der Waals surface area contributed by atoms with Gasteiger partial charge in [-0.1, -0.05) is 78.9 Å². The maximum absolute atomic E-state index is 6.19. The molecular weight excluding hydrogens is 420 g/mol. The van der Waals surface area contributed by atoms with E-state index in [4.69, 9.17) is 15.2 Å². The Morgan fingerprint density at radius 1 is 0.853 bits per heavy atom. The zero-order valence-corrected chi connectivity index (χ0v) is 20.1. The van der Waals surface area contributed by atoms with Gasteiger partial charge in [-0.3, -0.25) is 4.90 Å². The summed E-state index contributed by atoms with van der Waals surface area (Å²) in [5.74, 6) is 1.55. The van der Waals surface area contributed by atoms with Gasteiger partial charge in [0.25, 0.3) is 0 Å². The van der Waals surface area contributed by atoms with E-state index in [0.29, 0.717) is 18.7 Å². The lowest BCUT2D eigenvalue weighted by Crippen LogP contribution is -2.40. The van der Waals surface area contributed by atoms with Crippen LogP contribution in [0.3, 0.4) is 0 Å². The summed E-state index contributed by atoms with van der Waals surface area (Å²) in [5, 5.41) is 0. The average Bonchev–Trinajstić information content (AvgIpc) is 2.89. The molecule has 1 aliphatic rings. The van der Waals surface area contributed by atoms with E-state index >= 15 is 0 Å². The number of methoxy groups -OCH3 is 1. The first kappa shape index (κ1) is 24.1. The van der Waals surface area contributed by atoms with Crippen molar-refractivity contribution in [2.45, 2.75) is 50.9 Å². The minimum Gasteiger partial charge on any atom is -0.493 e. The van der Waals surface area contributed by atoms with Crippen LogP contribution < -0.4 is 15.2 Å². The van der Waals surface area contributed by atoms with Crippen molar-refractivity contribution in [3.05, 3.63) is 102 Å². The fourth-order valence-corrected chi connectivity index (χ4v) is 4.60. The van der Waals surface area contributed by atoms with E-state index in [1.807, 2.05) is 24.3 Å². The number of nitrogens with zero attached hydrogens (tertiary/aromatic N) is 1. The second kappa shape index (κ2) is 12.4. The van der Waals surface area contributed by atoms with Crippen LogP contribution in [-0.2, 0) is 13.2 Å². The molecule has 0 aliphatic heterocycles. The first-order valence-corrected chi connectivity index (χ1v) is 12.3. The molecule has 4 rings (SSSR count). The van der Waals surface area contributed by atoms with Crippen LogP contribution in [-0.4, -0.2) is 30.6 Å². The van der Waals surface area contributed by atoms with Gasteiger partial charge >= 0.3 is 0 Å². The van der Waals surface area contributed by atoms with Crippen molar-refractivity contribution in [2.75, 3.05) is 13.7 Å². The lowest BCUT2D eigenvalue weighted by Gasteiger charge is -2.35. The van der Waals surface area contributed by atoms with Gasteiger partial charge in [-0.15, -0.1) is 0 Å². The molecule has 0 spiro atoms. The van der Waals surface area contributed by atoms with Crippen molar-refractivity contribution in [3.63, 3.8) is 0 Å². The van der Waals surface area contributed by atoms with Gasteiger partial charge in [-0.2, -0.15) is 0 Å². The molecule has 0 unspecified atom stereocenters. The Morgan fingerprint density at radius 2 is 1.56 bits per heavy atom. The van der Waals surface area contributed by atoms with Crippen molar-refractivity contribution < 1.29 is 9.47 Å². The second-order valence-electron chi connectivity index (χ2n) is 9.07. The van der Waals surface area contributed by atoms with Crippen LogP contribution in [0.4, 0.5) is 0 Å². The summed E-state index contributed by atoms with van der Waals surface area (Å²) in [6.45, 7) is 2.30.